The van der Waals surface area contributed by atoms with Crippen molar-refractivity contribution in [1.29, 1.82) is 0 Å². The Morgan fingerprint density at radius 3 is 1.25 bits per heavy atom. The van der Waals surface area contributed by atoms with Crippen LogP contribution < -0.4 is 15.9 Å². The van der Waals surface area contributed by atoms with Gasteiger partial charge in [0, 0.05) is 0 Å². The molecule has 0 nitrogen and oxygen atoms in total. The summed E-state index contributed by atoms with van der Waals surface area (Å²) >= 11 is 0. The van der Waals surface area contributed by atoms with Gasteiger partial charge >= 0.3 is 172 Å². The van der Waals surface area contributed by atoms with Crippen molar-refractivity contribution in [3.63, 3.8) is 0 Å². The molecule has 0 spiro atoms. The topological polar surface area (TPSA) is 0 Å². The maximum absolute atomic E-state index is 2.54. The molecule has 0 aliphatic heterocycles. The summed E-state index contributed by atoms with van der Waals surface area (Å²) in [5, 5.41) is 4.68. The molecule has 3 aromatic rings. The van der Waals surface area contributed by atoms with Crippen molar-refractivity contribution in [2.24, 2.45) is 0 Å². The Bertz CT molecular complexity index is 724. The Kier molecular flexibility index (Phi) is 7.08. The second-order valence-electron chi connectivity index (χ2n) is 8.02. The normalized spacial score (nSPS) is 13.0. The molecule has 0 fully saturated rings. The van der Waals surface area contributed by atoms with Crippen molar-refractivity contribution in [1.82, 2.24) is 0 Å². The number of benzene rings is 3. The molecule has 0 saturated carbocycles. The summed E-state index contributed by atoms with van der Waals surface area (Å²) in [5.41, 5.74) is 0. The van der Waals surface area contributed by atoms with Crippen LogP contribution in [0.5, 0.6) is 0 Å². The molecular formula is C27H35P. The SMILES string of the molecule is CCCCCCP(CCC)(c1ccccc1)(c1ccccc1)c1ccccc1. The van der Waals surface area contributed by atoms with Crippen molar-refractivity contribution in [2.75, 3.05) is 12.3 Å². The zero-order valence-corrected chi connectivity index (χ0v) is 18.5. The van der Waals surface area contributed by atoms with Gasteiger partial charge in [0.25, 0.3) is 0 Å². The minimum absolute atomic E-state index is 1.20. The summed E-state index contributed by atoms with van der Waals surface area (Å²) in [4.78, 5) is 0. The van der Waals surface area contributed by atoms with E-state index in [0.717, 1.165) is 0 Å². The average molecular weight is 391 g/mol. The van der Waals surface area contributed by atoms with Crippen LogP contribution in [0.3, 0.4) is 0 Å². The standard InChI is InChI=1S/C27H35P/c1-3-5-6-16-24-28(23-4-2,25-17-10-7-11-18-25,26-19-12-8-13-20-26)27-21-14-9-15-22-27/h7-15,17-22H,3-6,16,23-24H2,1-2H3. The second kappa shape index (κ2) is 9.53. The molecule has 0 heterocycles. The number of rotatable bonds is 10. The molecule has 0 amide bonds. The molecule has 0 atom stereocenters. The summed E-state index contributed by atoms with van der Waals surface area (Å²) in [5.74, 6) is 0. The Hall–Kier alpha value is -1.91. The molecule has 148 valence electrons. The van der Waals surface area contributed by atoms with E-state index in [1.54, 1.807) is 15.9 Å². The molecule has 0 unspecified atom stereocenters. The third-order valence-electron chi connectivity index (χ3n) is 6.36. The van der Waals surface area contributed by atoms with Gasteiger partial charge in [-0.2, -0.15) is 0 Å². The van der Waals surface area contributed by atoms with E-state index in [4.69, 9.17) is 0 Å². The maximum atomic E-state index is 2.41. The second-order valence-corrected chi connectivity index (χ2v) is 13.5. The van der Waals surface area contributed by atoms with E-state index in [1.807, 2.05) is 0 Å². The van der Waals surface area contributed by atoms with Crippen LogP contribution in [0.4, 0.5) is 0 Å². The number of hydrogen-bond acceptors (Lipinski definition) is 0. The predicted molar refractivity (Wildman–Crippen MR) is 129 cm³/mol. The van der Waals surface area contributed by atoms with Crippen LogP contribution in [-0.4, -0.2) is 12.3 Å². The van der Waals surface area contributed by atoms with Gasteiger partial charge in [-0.15, -0.1) is 0 Å². The van der Waals surface area contributed by atoms with Gasteiger partial charge in [-0.1, -0.05) is 0 Å². The molecule has 0 aromatic heterocycles. The first-order valence-electron chi connectivity index (χ1n) is 10.9. The Labute approximate surface area is 171 Å². The van der Waals surface area contributed by atoms with Gasteiger partial charge in [0.1, 0.15) is 0 Å². The molecule has 1 heteroatoms. The van der Waals surface area contributed by atoms with Crippen LogP contribution >= 0.6 is 6.60 Å². The first-order chi connectivity index (χ1) is 13.8. The van der Waals surface area contributed by atoms with Crippen molar-refractivity contribution < 1.29 is 0 Å². The molecule has 28 heavy (non-hydrogen) atoms. The zero-order valence-electron chi connectivity index (χ0n) is 17.6. The van der Waals surface area contributed by atoms with E-state index in [1.165, 1.54) is 44.4 Å². The van der Waals surface area contributed by atoms with Crippen LogP contribution in [-0.2, 0) is 0 Å². The van der Waals surface area contributed by atoms with E-state index in [9.17, 15) is 0 Å². The van der Waals surface area contributed by atoms with E-state index in [0.29, 0.717) is 0 Å². The third kappa shape index (κ3) is 3.68. The average Bonchev–Trinajstić information content (AvgIpc) is 2.78. The molecule has 0 N–H and O–H groups in total. The summed E-state index contributed by atoms with van der Waals surface area (Å²) in [6.45, 7) is 2.13. The Balaban J connectivity index is 2.33. The molecule has 0 bridgehead atoms. The predicted octanol–water partition coefficient (Wildman–Crippen LogP) is 6.51. The van der Waals surface area contributed by atoms with Crippen molar-refractivity contribution >= 4 is 22.5 Å². The monoisotopic (exact) mass is 390 g/mol. The fraction of sp³-hybridized carbons (Fsp3) is 0.333. The van der Waals surface area contributed by atoms with Gasteiger partial charge in [-0.25, -0.2) is 0 Å². The van der Waals surface area contributed by atoms with Crippen LogP contribution in [0.1, 0.15) is 46.0 Å². The quantitative estimate of drug-likeness (QED) is 0.273. The molecule has 0 radical (unpaired) electrons. The molecule has 0 aliphatic carbocycles. The molecular weight excluding hydrogens is 355 g/mol. The van der Waals surface area contributed by atoms with Gasteiger partial charge in [0.05, 0.1) is 0 Å². The molecule has 3 rings (SSSR count). The van der Waals surface area contributed by atoms with Crippen LogP contribution in [0, 0.1) is 0 Å². The number of unbranched alkanes of at least 4 members (excludes halogenated alkanes) is 3. The van der Waals surface area contributed by atoms with Gasteiger partial charge in [-0.3, -0.25) is 0 Å². The van der Waals surface area contributed by atoms with Gasteiger partial charge in [0.15, 0.2) is 0 Å². The molecule has 0 saturated heterocycles. The Morgan fingerprint density at radius 1 is 0.464 bits per heavy atom. The fourth-order valence-electron chi connectivity index (χ4n) is 5.08. The fourth-order valence-corrected chi connectivity index (χ4v) is 12.3. The first-order valence-corrected chi connectivity index (χ1v) is 13.6. The zero-order chi connectivity index (χ0) is 19.7. The molecule has 3 aromatic carbocycles. The van der Waals surface area contributed by atoms with Crippen LogP contribution in [0.15, 0.2) is 91.0 Å². The van der Waals surface area contributed by atoms with E-state index >= 15 is 0 Å². The number of hydrogen-bond donors (Lipinski definition) is 0. The van der Waals surface area contributed by atoms with Gasteiger partial charge in [0.2, 0.25) is 0 Å². The van der Waals surface area contributed by atoms with E-state index in [2.05, 4.69) is 105 Å². The van der Waals surface area contributed by atoms with E-state index in [-0.39, 0.29) is 0 Å². The first kappa shape index (κ1) is 20.8. The Morgan fingerprint density at radius 2 is 0.893 bits per heavy atom. The summed E-state index contributed by atoms with van der Waals surface area (Å²) in [6, 6.07) is 34.4. The van der Waals surface area contributed by atoms with Gasteiger partial charge in [-0.05, 0) is 0 Å². The third-order valence-corrected chi connectivity index (χ3v) is 13.7. The minimum atomic E-state index is -2.54. The van der Waals surface area contributed by atoms with Gasteiger partial charge < -0.3 is 0 Å². The van der Waals surface area contributed by atoms with Crippen molar-refractivity contribution in [3.8, 4) is 0 Å². The van der Waals surface area contributed by atoms with Crippen molar-refractivity contribution in [3.05, 3.63) is 91.0 Å². The van der Waals surface area contributed by atoms with Crippen LogP contribution in [0.2, 0.25) is 0 Å². The van der Waals surface area contributed by atoms with Crippen LogP contribution in [0.25, 0.3) is 0 Å². The van der Waals surface area contributed by atoms with Crippen molar-refractivity contribution in [2.45, 2.75) is 46.0 Å². The summed E-state index contributed by atoms with van der Waals surface area (Å²) in [6.07, 6.45) is 8.95. The van der Waals surface area contributed by atoms with E-state index < -0.39 is 6.60 Å². The summed E-state index contributed by atoms with van der Waals surface area (Å²) in [7, 11) is 0. The molecule has 0 aliphatic rings. The summed E-state index contributed by atoms with van der Waals surface area (Å²) < 4.78 is 0.